The Morgan fingerprint density at radius 2 is 2.08 bits per heavy atom. The largest absolute Gasteiger partial charge is 0.480 e. The Morgan fingerprint density at radius 3 is 2.72 bits per heavy atom. The van der Waals surface area contributed by atoms with Crippen molar-refractivity contribution in [3.05, 3.63) is 40.2 Å². The molecule has 1 amide bonds. The Bertz CT molecular complexity index is 846. The molecular formula is C17H21N3O5. The standard InChI is InChI=1S/C10H9NO2.C7H12N2O3/c1-6-4-10(12)13-9-5-7(11)2-3-8(6)9;8-4-6(10)9-3-1-2-5(9)7(11)12/h2-5H,11H2,1H3;5H,1-4,8H2,(H,11,12)/t;5-/m.0/s1. The average molecular weight is 347 g/mol. The van der Waals surface area contributed by atoms with Crippen LogP contribution in [-0.2, 0) is 9.59 Å². The van der Waals surface area contributed by atoms with Gasteiger partial charge in [-0.05, 0) is 37.5 Å². The van der Waals surface area contributed by atoms with E-state index in [1.165, 1.54) is 11.0 Å². The van der Waals surface area contributed by atoms with E-state index in [0.717, 1.165) is 17.4 Å². The molecule has 0 unspecified atom stereocenters. The quantitative estimate of drug-likeness (QED) is 0.536. The maximum Gasteiger partial charge on any atom is 0.336 e. The molecule has 8 nitrogen and oxygen atoms in total. The normalized spacial score (nSPS) is 16.4. The number of likely N-dealkylation sites (tertiary alicyclic amines) is 1. The molecule has 1 aliphatic heterocycles. The van der Waals surface area contributed by atoms with Crippen molar-refractivity contribution in [2.24, 2.45) is 5.73 Å². The summed E-state index contributed by atoms with van der Waals surface area (Å²) in [5.41, 5.74) is 12.4. The predicted octanol–water partition coefficient (Wildman–Crippen LogP) is 0.704. The third-order valence-electron chi connectivity index (χ3n) is 4.01. The van der Waals surface area contributed by atoms with Gasteiger partial charge in [0.2, 0.25) is 5.91 Å². The second-order valence-electron chi connectivity index (χ2n) is 5.79. The summed E-state index contributed by atoms with van der Waals surface area (Å²) in [6.07, 6.45) is 1.30. The number of carbonyl (C=O) groups excluding carboxylic acids is 1. The van der Waals surface area contributed by atoms with E-state index < -0.39 is 12.0 Å². The van der Waals surface area contributed by atoms with Crippen LogP contribution in [0, 0.1) is 6.92 Å². The summed E-state index contributed by atoms with van der Waals surface area (Å²) in [5, 5.41) is 9.62. The lowest BCUT2D eigenvalue weighted by molar-refractivity contribution is -0.147. The molecule has 0 radical (unpaired) electrons. The molecule has 1 aromatic carbocycles. The third-order valence-corrected chi connectivity index (χ3v) is 4.01. The van der Waals surface area contributed by atoms with Crippen molar-refractivity contribution in [2.75, 3.05) is 18.8 Å². The van der Waals surface area contributed by atoms with Crippen molar-refractivity contribution in [3.63, 3.8) is 0 Å². The number of carboxylic acids is 1. The fraction of sp³-hybridized carbons (Fsp3) is 0.353. The number of hydrogen-bond donors (Lipinski definition) is 3. The van der Waals surface area contributed by atoms with Crippen molar-refractivity contribution in [1.82, 2.24) is 4.90 Å². The van der Waals surface area contributed by atoms with Crippen molar-refractivity contribution in [1.29, 1.82) is 0 Å². The molecule has 2 heterocycles. The maximum atomic E-state index is 11.1. The second kappa shape index (κ2) is 7.80. The van der Waals surface area contributed by atoms with Crippen LogP contribution in [0.5, 0.6) is 0 Å². The number of carbonyl (C=O) groups is 2. The van der Waals surface area contributed by atoms with E-state index in [1.807, 2.05) is 13.0 Å². The van der Waals surface area contributed by atoms with Crippen LogP contribution in [0.25, 0.3) is 11.0 Å². The number of fused-ring (bicyclic) bond motifs is 1. The van der Waals surface area contributed by atoms with Gasteiger partial charge in [0.25, 0.3) is 0 Å². The number of nitrogens with two attached hydrogens (primary N) is 2. The number of carboxylic acid groups (broad SMARTS) is 1. The van der Waals surface area contributed by atoms with Gasteiger partial charge in [-0.2, -0.15) is 0 Å². The minimum atomic E-state index is -0.936. The van der Waals surface area contributed by atoms with Crippen LogP contribution in [0.1, 0.15) is 18.4 Å². The molecular weight excluding hydrogens is 326 g/mol. The molecule has 8 heteroatoms. The number of nitrogens with zero attached hydrogens (tertiary/aromatic N) is 1. The highest BCUT2D eigenvalue weighted by atomic mass is 16.4. The maximum absolute atomic E-state index is 11.1. The summed E-state index contributed by atoms with van der Waals surface area (Å²) in [6.45, 7) is 2.28. The van der Waals surface area contributed by atoms with Gasteiger partial charge in [-0.3, -0.25) is 4.79 Å². The van der Waals surface area contributed by atoms with Crippen molar-refractivity contribution in [2.45, 2.75) is 25.8 Å². The predicted molar refractivity (Wildman–Crippen MR) is 93.1 cm³/mol. The number of amides is 1. The van der Waals surface area contributed by atoms with Gasteiger partial charge < -0.3 is 25.9 Å². The molecule has 0 bridgehead atoms. The number of aryl methyl sites for hydroxylation is 1. The Kier molecular flexibility index (Phi) is 5.76. The molecule has 1 aromatic heterocycles. The van der Waals surface area contributed by atoms with Gasteiger partial charge in [-0.15, -0.1) is 0 Å². The molecule has 3 rings (SSSR count). The molecule has 1 fully saturated rings. The van der Waals surface area contributed by atoms with Crippen LogP contribution in [0.2, 0.25) is 0 Å². The number of anilines is 1. The number of hydrogen-bond acceptors (Lipinski definition) is 6. The fourth-order valence-corrected chi connectivity index (χ4v) is 2.78. The summed E-state index contributed by atoms with van der Waals surface area (Å²) in [5.74, 6) is -1.21. The highest BCUT2D eigenvalue weighted by molar-refractivity contribution is 5.85. The zero-order valence-corrected chi connectivity index (χ0v) is 13.9. The van der Waals surface area contributed by atoms with Crippen molar-refractivity contribution < 1.29 is 19.1 Å². The second-order valence-corrected chi connectivity index (χ2v) is 5.79. The van der Waals surface area contributed by atoms with Crippen LogP contribution in [-0.4, -0.2) is 41.0 Å². The SMILES string of the molecule is Cc1cc(=O)oc2cc(N)ccc12.NCC(=O)N1CCC[C@H]1C(=O)O. The number of nitrogen functional groups attached to an aromatic ring is 1. The monoisotopic (exact) mass is 347 g/mol. The van der Waals surface area contributed by atoms with E-state index >= 15 is 0 Å². The lowest BCUT2D eigenvalue weighted by Gasteiger charge is -2.20. The Labute approximate surface area is 144 Å². The van der Waals surface area contributed by atoms with Gasteiger partial charge in [-0.25, -0.2) is 9.59 Å². The van der Waals surface area contributed by atoms with Crippen LogP contribution in [0.3, 0.4) is 0 Å². The first kappa shape index (κ1) is 18.5. The van der Waals surface area contributed by atoms with Crippen LogP contribution < -0.4 is 17.1 Å². The van der Waals surface area contributed by atoms with Gasteiger partial charge in [0.15, 0.2) is 0 Å². The summed E-state index contributed by atoms with van der Waals surface area (Å²) in [6, 6.07) is 6.11. The number of aliphatic carboxylic acids is 1. The van der Waals surface area contributed by atoms with Gasteiger partial charge in [0, 0.05) is 29.8 Å². The Hall–Kier alpha value is -2.87. The summed E-state index contributed by atoms with van der Waals surface area (Å²) in [4.78, 5) is 34.0. The average Bonchev–Trinajstić information content (AvgIpc) is 3.04. The van der Waals surface area contributed by atoms with E-state index in [9.17, 15) is 14.4 Å². The van der Waals surface area contributed by atoms with Gasteiger partial charge in [-0.1, -0.05) is 0 Å². The fourth-order valence-electron chi connectivity index (χ4n) is 2.78. The topological polar surface area (TPSA) is 140 Å². The third kappa shape index (κ3) is 4.36. The van der Waals surface area contributed by atoms with E-state index in [4.69, 9.17) is 21.0 Å². The zero-order valence-electron chi connectivity index (χ0n) is 13.9. The highest BCUT2D eigenvalue weighted by Crippen LogP contribution is 2.18. The highest BCUT2D eigenvalue weighted by Gasteiger charge is 2.32. The molecule has 2 aromatic rings. The molecule has 25 heavy (non-hydrogen) atoms. The molecule has 1 atom stereocenters. The minimum Gasteiger partial charge on any atom is -0.480 e. The Morgan fingerprint density at radius 1 is 1.36 bits per heavy atom. The molecule has 0 spiro atoms. The van der Waals surface area contributed by atoms with Gasteiger partial charge in [0.05, 0.1) is 6.54 Å². The molecule has 0 saturated carbocycles. The van der Waals surface area contributed by atoms with Crippen molar-refractivity contribution in [3.8, 4) is 0 Å². The molecule has 5 N–H and O–H groups in total. The lowest BCUT2D eigenvalue weighted by atomic mass is 10.1. The van der Waals surface area contributed by atoms with Crippen LogP contribution in [0.4, 0.5) is 5.69 Å². The van der Waals surface area contributed by atoms with Gasteiger partial charge >= 0.3 is 11.6 Å². The smallest absolute Gasteiger partial charge is 0.336 e. The lowest BCUT2D eigenvalue weighted by Crippen LogP contribution is -2.43. The molecule has 1 aliphatic rings. The van der Waals surface area contributed by atoms with Crippen LogP contribution in [0.15, 0.2) is 33.5 Å². The van der Waals surface area contributed by atoms with E-state index in [-0.39, 0.29) is 18.1 Å². The summed E-state index contributed by atoms with van der Waals surface area (Å²) >= 11 is 0. The molecule has 134 valence electrons. The first-order valence-corrected chi connectivity index (χ1v) is 7.86. The minimum absolute atomic E-state index is 0.107. The molecule has 0 aliphatic carbocycles. The Balaban J connectivity index is 0.000000181. The van der Waals surface area contributed by atoms with E-state index in [2.05, 4.69) is 0 Å². The van der Waals surface area contributed by atoms with Crippen molar-refractivity contribution >= 4 is 28.5 Å². The van der Waals surface area contributed by atoms with Crippen LogP contribution >= 0.6 is 0 Å². The van der Waals surface area contributed by atoms with E-state index in [1.54, 1.807) is 12.1 Å². The first-order chi connectivity index (χ1) is 11.8. The molecule has 1 saturated heterocycles. The zero-order chi connectivity index (χ0) is 18.6. The number of benzene rings is 1. The first-order valence-electron chi connectivity index (χ1n) is 7.86. The summed E-state index contributed by atoms with van der Waals surface area (Å²) in [7, 11) is 0. The number of rotatable bonds is 2. The summed E-state index contributed by atoms with van der Waals surface area (Å²) < 4.78 is 4.99. The van der Waals surface area contributed by atoms with E-state index in [0.29, 0.717) is 24.2 Å². The van der Waals surface area contributed by atoms with Gasteiger partial charge in [0.1, 0.15) is 11.6 Å².